The number of benzene rings is 3. The van der Waals surface area contributed by atoms with E-state index in [0.29, 0.717) is 0 Å². The van der Waals surface area contributed by atoms with Crippen molar-refractivity contribution in [2.75, 3.05) is 11.9 Å². The first-order chi connectivity index (χ1) is 14.3. The average molecular weight is 400 g/mol. The third-order valence-electron chi connectivity index (χ3n) is 6.68. The minimum atomic E-state index is 0.765. The molecule has 0 radical (unpaired) electrons. The zero-order valence-electron chi connectivity index (χ0n) is 17.4. The first-order valence-corrected chi connectivity index (χ1v) is 11.8. The third-order valence-corrected chi connectivity index (χ3v) is 8.00. The van der Waals surface area contributed by atoms with E-state index in [1.807, 2.05) is 11.3 Å². The second kappa shape index (κ2) is 7.84. The molecular formula is C27H29NS. The van der Waals surface area contributed by atoms with Crippen LogP contribution in [0.5, 0.6) is 0 Å². The predicted molar refractivity (Wildman–Crippen MR) is 129 cm³/mol. The van der Waals surface area contributed by atoms with E-state index in [-0.39, 0.29) is 0 Å². The maximum Gasteiger partial charge on any atom is 0.0592 e. The first kappa shape index (κ1) is 18.7. The third kappa shape index (κ3) is 3.34. The van der Waals surface area contributed by atoms with Crippen molar-refractivity contribution in [1.29, 1.82) is 0 Å². The Morgan fingerprint density at radius 2 is 1.52 bits per heavy atom. The molecule has 29 heavy (non-hydrogen) atoms. The van der Waals surface area contributed by atoms with E-state index in [1.165, 1.54) is 74.8 Å². The summed E-state index contributed by atoms with van der Waals surface area (Å²) in [6.45, 7) is 2.25. The number of hydrogen-bond donors (Lipinski definition) is 0. The Bertz CT molecular complexity index is 1130. The molecule has 1 nitrogen and oxygen atoms in total. The van der Waals surface area contributed by atoms with Gasteiger partial charge in [0.1, 0.15) is 0 Å². The molecule has 0 aliphatic heterocycles. The second-order valence-corrected chi connectivity index (χ2v) is 9.41. The lowest BCUT2D eigenvalue weighted by Gasteiger charge is -2.24. The molecule has 1 aliphatic rings. The van der Waals surface area contributed by atoms with Crippen LogP contribution in [-0.4, -0.2) is 7.05 Å². The number of thiophene rings is 1. The van der Waals surface area contributed by atoms with Crippen molar-refractivity contribution in [2.45, 2.75) is 51.4 Å². The van der Waals surface area contributed by atoms with Gasteiger partial charge in [-0.25, -0.2) is 0 Å². The van der Waals surface area contributed by atoms with E-state index in [4.69, 9.17) is 0 Å². The number of nitrogens with zero attached hydrogens (tertiary/aromatic N) is 1. The molecule has 0 atom stereocenters. The molecule has 0 saturated heterocycles. The van der Waals surface area contributed by atoms with Gasteiger partial charge in [-0.15, -0.1) is 11.3 Å². The summed E-state index contributed by atoms with van der Waals surface area (Å²) in [5.74, 6) is 0.765. The molecule has 2 heteroatoms. The van der Waals surface area contributed by atoms with Crippen LogP contribution in [0.2, 0.25) is 0 Å². The van der Waals surface area contributed by atoms with Gasteiger partial charge >= 0.3 is 0 Å². The molecule has 5 rings (SSSR count). The van der Waals surface area contributed by atoms with E-state index < -0.39 is 0 Å². The van der Waals surface area contributed by atoms with E-state index in [2.05, 4.69) is 79.5 Å². The summed E-state index contributed by atoms with van der Waals surface area (Å²) >= 11 is 1.95. The van der Waals surface area contributed by atoms with Gasteiger partial charge in [0.25, 0.3) is 0 Å². The molecule has 1 aromatic heterocycles. The summed E-state index contributed by atoms with van der Waals surface area (Å²) < 4.78 is 2.83. The molecule has 0 unspecified atom stereocenters. The fraction of sp³-hybridized carbons (Fsp3) is 0.333. The van der Waals surface area contributed by atoms with Crippen molar-refractivity contribution in [3.63, 3.8) is 0 Å². The molecule has 1 saturated carbocycles. The summed E-state index contributed by atoms with van der Waals surface area (Å²) in [6, 6.07) is 22.8. The van der Waals surface area contributed by atoms with Crippen LogP contribution >= 0.6 is 11.3 Å². The zero-order chi connectivity index (χ0) is 19.8. The van der Waals surface area contributed by atoms with E-state index in [9.17, 15) is 0 Å². The standard InChI is InChI=1S/C27H29NS/c1-3-19-11-7-12-23-24-13-8-14-25(27(24)29-26(19)23)28(2)22-17-15-21(16-18-22)20-9-5-4-6-10-20/h7-8,11-18,20H,3-6,9-10H2,1-2H3. The minimum absolute atomic E-state index is 0.765. The maximum absolute atomic E-state index is 2.36. The van der Waals surface area contributed by atoms with E-state index in [1.54, 1.807) is 0 Å². The molecular weight excluding hydrogens is 370 g/mol. The molecule has 1 heterocycles. The van der Waals surface area contributed by atoms with Crippen molar-refractivity contribution in [3.8, 4) is 0 Å². The quantitative estimate of drug-likeness (QED) is 0.333. The Labute approximate surface area is 178 Å². The molecule has 4 aromatic rings. The van der Waals surface area contributed by atoms with Crippen LogP contribution < -0.4 is 4.90 Å². The Balaban J connectivity index is 1.53. The summed E-state index contributed by atoms with van der Waals surface area (Å²) in [5.41, 5.74) is 5.55. The van der Waals surface area contributed by atoms with Gasteiger partial charge < -0.3 is 4.90 Å². The fourth-order valence-corrected chi connectivity index (χ4v) is 6.38. The highest BCUT2D eigenvalue weighted by atomic mass is 32.1. The van der Waals surface area contributed by atoms with E-state index >= 15 is 0 Å². The SMILES string of the molecule is CCc1cccc2c1sc1c(N(C)c3ccc(C4CCCCC4)cc3)cccc12. The molecule has 1 aliphatic carbocycles. The Morgan fingerprint density at radius 1 is 0.828 bits per heavy atom. The highest BCUT2D eigenvalue weighted by molar-refractivity contribution is 7.26. The summed E-state index contributed by atoms with van der Waals surface area (Å²) in [5, 5.41) is 2.77. The summed E-state index contributed by atoms with van der Waals surface area (Å²) in [6.07, 6.45) is 7.99. The van der Waals surface area contributed by atoms with Gasteiger partial charge in [0, 0.05) is 28.2 Å². The fourth-order valence-electron chi connectivity index (χ4n) is 4.95. The van der Waals surface area contributed by atoms with Crippen LogP contribution in [0.25, 0.3) is 20.2 Å². The molecule has 0 N–H and O–H groups in total. The first-order valence-electron chi connectivity index (χ1n) is 11.0. The lowest BCUT2D eigenvalue weighted by Crippen LogP contribution is -2.10. The smallest absolute Gasteiger partial charge is 0.0592 e. The summed E-state index contributed by atoms with van der Waals surface area (Å²) in [4.78, 5) is 2.36. The average Bonchev–Trinajstić information content (AvgIpc) is 3.18. The molecule has 0 spiro atoms. The largest absolute Gasteiger partial charge is 0.343 e. The summed E-state index contributed by atoms with van der Waals surface area (Å²) in [7, 11) is 2.20. The maximum atomic E-state index is 2.36. The van der Waals surface area contributed by atoms with Gasteiger partial charge in [-0.1, -0.05) is 68.7 Å². The van der Waals surface area contributed by atoms with Crippen LogP contribution in [0, 0.1) is 0 Å². The van der Waals surface area contributed by atoms with Gasteiger partial charge in [-0.05, 0) is 54.5 Å². The van der Waals surface area contributed by atoms with Gasteiger partial charge in [0.05, 0.1) is 10.4 Å². The van der Waals surface area contributed by atoms with Crippen molar-refractivity contribution >= 4 is 42.9 Å². The highest BCUT2D eigenvalue weighted by Gasteiger charge is 2.17. The number of rotatable bonds is 4. The van der Waals surface area contributed by atoms with Gasteiger partial charge in [0.2, 0.25) is 0 Å². The van der Waals surface area contributed by atoms with Gasteiger partial charge in [-0.3, -0.25) is 0 Å². The number of anilines is 2. The Hall–Kier alpha value is -2.32. The van der Waals surface area contributed by atoms with Gasteiger partial charge in [0.15, 0.2) is 0 Å². The van der Waals surface area contributed by atoms with Crippen molar-refractivity contribution in [1.82, 2.24) is 0 Å². The van der Waals surface area contributed by atoms with Crippen molar-refractivity contribution in [3.05, 3.63) is 71.8 Å². The van der Waals surface area contributed by atoms with Crippen LogP contribution in [0.1, 0.15) is 56.1 Å². The zero-order valence-corrected chi connectivity index (χ0v) is 18.3. The molecule has 0 bridgehead atoms. The second-order valence-electron chi connectivity index (χ2n) is 8.39. The number of fused-ring (bicyclic) bond motifs is 3. The Kier molecular flexibility index (Phi) is 5.05. The van der Waals surface area contributed by atoms with Crippen molar-refractivity contribution in [2.24, 2.45) is 0 Å². The lowest BCUT2D eigenvalue weighted by atomic mass is 9.84. The minimum Gasteiger partial charge on any atom is -0.343 e. The topological polar surface area (TPSA) is 3.24 Å². The van der Waals surface area contributed by atoms with Crippen LogP contribution in [0.15, 0.2) is 60.7 Å². The number of aryl methyl sites for hydroxylation is 1. The highest BCUT2D eigenvalue weighted by Crippen LogP contribution is 2.42. The molecule has 0 amide bonds. The normalized spacial score (nSPS) is 15.2. The van der Waals surface area contributed by atoms with Crippen LogP contribution in [0.3, 0.4) is 0 Å². The monoisotopic (exact) mass is 399 g/mol. The molecule has 148 valence electrons. The van der Waals surface area contributed by atoms with Gasteiger partial charge in [-0.2, -0.15) is 0 Å². The lowest BCUT2D eigenvalue weighted by molar-refractivity contribution is 0.443. The molecule has 3 aromatic carbocycles. The van der Waals surface area contributed by atoms with Crippen LogP contribution in [0.4, 0.5) is 11.4 Å². The predicted octanol–water partition coefficient (Wildman–Crippen LogP) is 8.43. The molecule has 1 fully saturated rings. The number of hydrogen-bond acceptors (Lipinski definition) is 2. The van der Waals surface area contributed by atoms with Crippen molar-refractivity contribution < 1.29 is 0 Å². The Morgan fingerprint density at radius 3 is 2.24 bits per heavy atom. The van der Waals surface area contributed by atoms with E-state index in [0.717, 1.165) is 12.3 Å². The van der Waals surface area contributed by atoms with Crippen LogP contribution in [-0.2, 0) is 6.42 Å².